The van der Waals surface area contributed by atoms with Crippen molar-refractivity contribution in [2.45, 2.75) is 26.2 Å². The van der Waals surface area contributed by atoms with Gasteiger partial charge in [0.15, 0.2) is 5.82 Å². The fourth-order valence-electron chi connectivity index (χ4n) is 3.26. The van der Waals surface area contributed by atoms with Crippen LogP contribution in [0.1, 0.15) is 25.1 Å². The Morgan fingerprint density at radius 1 is 1.04 bits per heavy atom. The van der Waals surface area contributed by atoms with E-state index in [0.29, 0.717) is 0 Å². The second-order valence-corrected chi connectivity index (χ2v) is 6.21. The zero-order valence-corrected chi connectivity index (χ0v) is 13.3. The Morgan fingerprint density at radius 3 is 2.52 bits per heavy atom. The summed E-state index contributed by atoms with van der Waals surface area (Å²) < 4.78 is 0. The lowest BCUT2D eigenvalue weighted by atomic mass is 10.1. The van der Waals surface area contributed by atoms with E-state index in [2.05, 4.69) is 20.9 Å². The highest BCUT2D eigenvalue weighted by molar-refractivity contribution is 5.91. The number of rotatable bonds is 2. The lowest BCUT2D eigenvalue weighted by Crippen LogP contribution is -2.30. The topological polar surface area (TPSA) is 70.8 Å². The van der Waals surface area contributed by atoms with Gasteiger partial charge in [0.05, 0.1) is 5.52 Å². The van der Waals surface area contributed by atoms with Crippen molar-refractivity contribution < 1.29 is 0 Å². The molecule has 3 N–H and O–H groups in total. The molecule has 1 aromatic carbocycles. The van der Waals surface area contributed by atoms with E-state index in [1.807, 2.05) is 31.2 Å². The van der Waals surface area contributed by atoms with Crippen LogP contribution in [-0.2, 0) is 0 Å². The minimum atomic E-state index is 0.773. The Labute approximate surface area is 135 Å². The average Bonchev–Trinajstić information content (AvgIpc) is 2.99. The number of benzene rings is 1. The fraction of sp³-hybridized carbons (Fsp3) is 0.333. The zero-order chi connectivity index (χ0) is 15.8. The van der Waals surface area contributed by atoms with Gasteiger partial charge >= 0.3 is 0 Å². The summed E-state index contributed by atoms with van der Waals surface area (Å²) in [6, 6.07) is 10.00. The van der Waals surface area contributed by atoms with E-state index in [-0.39, 0.29) is 0 Å². The lowest BCUT2D eigenvalue weighted by molar-refractivity contribution is 0.574. The van der Waals surface area contributed by atoms with Crippen molar-refractivity contribution in [1.82, 2.24) is 15.0 Å². The molecular formula is C18H21N5. The molecule has 118 valence electrons. The van der Waals surface area contributed by atoms with Crippen LogP contribution in [0.25, 0.3) is 22.3 Å². The van der Waals surface area contributed by atoms with Gasteiger partial charge in [-0.2, -0.15) is 0 Å². The van der Waals surface area contributed by atoms with Gasteiger partial charge in [-0.3, -0.25) is 0 Å². The number of H-pyrrole nitrogens is 1. The van der Waals surface area contributed by atoms with Crippen LogP contribution in [0.3, 0.4) is 0 Å². The van der Waals surface area contributed by atoms with Gasteiger partial charge in [-0.1, -0.05) is 12.1 Å². The lowest BCUT2D eigenvalue weighted by Gasteiger charge is -2.28. The number of nitrogen functional groups attached to an aromatic ring is 1. The van der Waals surface area contributed by atoms with E-state index in [1.54, 1.807) is 0 Å². The maximum absolute atomic E-state index is 5.78. The molecule has 0 saturated carbocycles. The van der Waals surface area contributed by atoms with Crippen LogP contribution in [0.5, 0.6) is 0 Å². The van der Waals surface area contributed by atoms with Gasteiger partial charge in [0.2, 0.25) is 0 Å². The number of nitrogens with two attached hydrogens (primary N) is 1. The maximum atomic E-state index is 5.78. The minimum absolute atomic E-state index is 0.773. The number of hydrogen-bond donors (Lipinski definition) is 2. The molecule has 0 amide bonds. The van der Waals surface area contributed by atoms with Crippen molar-refractivity contribution in [3.8, 4) is 11.3 Å². The van der Waals surface area contributed by atoms with Gasteiger partial charge in [-0.15, -0.1) is 0 Å². The third-order valence-corrected chi connectivity index (χ3v) is 4.45. The van der Waals surface area contributed by atoms with E-state index in [1.165, 1.54) is 19.3 Å². The fourth-order valence-corrected chi connectivity index (χ4v) is 3.26. The second-order valence-electron chi connectivity index (χ2n) is 6.21. The Kier molecular flexibility index (Phi) is 3.41. The average molecular weight is 307 g/mol. The summed E-state index contributed by atoms with van der Waals surface area (Å²) in [6.45, 7) is 4.10. The summed E-state index contributed by atoms with van der Waals surface area (Å²) in [5.74, 6) is 1.86. The van der Waals surface area contributed by atoms with Crippen LogP contribution in [0.4, 0.5) is 11.5 Å². The molecule has 1 aliphatic heterocycles. The van der Waals surface area contributed by atoms with E-state index in [4.69, 9.17) is 10.7 Å². The standard InChI is InChI=1S/C18H21N5/c1-12-20-16-11-15(13-5-7-14(19)8-6-13)22-17(16)18(21-12)23-9-3-2-4-10-23/h5-8,11,22H,2-4,9-10,19H2,1H3. The van der Waals surface area contributed by atoms with Crippen LogP contribution in [0.15, 0.2) is 30.3 Å². The molecule has 1 fully saturated rings. The predicted molar refractivity (Wildman–Crippen MR) is 94.5 cm³/mol. The van der Waals surface area contributed by atoms with Crippen LogP contribution >= 0.6 is 0 Å². The van der Waals surface area contributed by atoms with Gasteiger partial charge in [-0.05, 0) is 49.9 Å². The SMILES string of the molecule is Cc1nc(N2CCCCC2)c2[nH]c(-c3ccc(N)cc3)cc2n1. The normalized spacial score (nSPS) is 15.3. The number of nitrogens with one attached hydrogen (secondary N) is 1. The molecule has 0 spiro atoms. The molecule has 2 aromatic heterocycles. The molecule has 0 aliphatic carbocycles. The molecule has 4 rings (SSSR count). The molecule has 0 bridgehead atoms. The second kappa shape index (κ2) is 5.57. The first-order valence-electron chi connectivity index (χ1n) is 8.19. The number of hydrogen-bond acceptors (Lipinski definition) is 4. The molecule has 0 radical (unpaired) electrons. The maximum Gasteiger partial charge on any atom is 0.156 e. The first-order chi connectivity index (χ1) is 11.2. The predicted octanol–water partition coefficient (Wildman–Crippen LogP) is 3.51. The number of piperidine rings is 1. The number of nitrogens with zero attached hydrogens (tertiary/aromatic N) is 3. The number of aromatic nitrogens is 3. The molecule has 1 saturated heterocycles. The van der Waals surface area contributed by atoms with Crippen molar-refractivity contribution in [2.75, 3.05) is 23.7 Å². The third kappa shape index (κ3) is 2.63. The van der Waals surface area contributed by atoms with Crippen LogP contribution in [0, 0.1) is 6.92 Å². The summed E-state index contributed by atoms with van der Waals surface area (Å²) >= 11 is 0. The minimum Gasteiger partial charge on any atom is -0.399 e. The summed E-state index contributed by atoms with van der Waals surface area (Å²) in [5, 5.41) is 0. The highest BCUT2D eigenvalue weighted by atomic mass is 15.2. The molecule has 23 heavy (non-hydrogen) atoms. The summed E-state index contributed by atoms with van der Waals surface area (Å²) in [5.41, 5.74) is 10.7. The molecular weight excluding hydrogens is 286 g/mol. The van der Waals surface area contributed by atoms with Crippen LogP contribution < -0.4 is 10.6 Å². The summed E-state index contributed by atoms with van der Waals surface area (Å²) in [6.07, 6.45) is 3.78. The van der Waals surface area contributed by atoms with E-state index in [9.17, 15) is 0 Å². The molecule has 3 aromatic rings. The Morgan fingerprint density at radius 2 is 1.78 bits per heavy atom. The quantitative estimate of drug-likeness (QED) is 0.711. The Bertz CT molecular complexity index is 828. The molecule has 0 atom stereocenters. The van der Waals surface area contributed by atoms with Crippen LogP contribution in [-0.4, -0.2) is 28.0 Å². The Hall–Kier alpha value is -2.56. The van der Waals surface area contributed by atoms with E-state index >= 15 is 0 Å². The largest absolute Gasteiger partial charge is 0.399 e. The van der Waals surface area contributed by atoms with Gasteiger partial charge < -0.3 is 15.6 Å². The van der Waals surface area contributed by atoms with Gasteiger partial charge in [0, 0.05) is 24.5 Å². The zero-order valence-electron chi connectivity index (χ0n) is 13.3. The van der Waals surface area contributed by atoms with E-state index < -0.39 is 0 Å². The van der Waals surface area contributed by atoms with Crippen molar-refractivity contribution in [3.05, 3.63) is 36.2 Å². The molecule has 5 heteroatoms. The van der Waals surface area contributed by atoms with E-state index in [0.717, 1.165) is 52.7 Å². The van der Waals surface area contributed by atoms with Crippen molar-refractivity contribution in [1.29, 1.82) is 0 Å². The molecule has 1 aliphatic rings. The highest BCUT2D eigenvalue weighted by Crippen LogP contribution is 2.30. The third-order valence-electron chi connectivity index (χ3n) is 4.45. The van der Waals surface area contributed by atoms with Crippen molar-refractivity contribution in [2.24, 2.45) is 0 Å². The summed E-state index contributed by atoms with van der Waals surface area (Å²) in [4.78, 5) is 15.2. The van der Waals surface area contributed by atoms with Gasteiger partial charge in [-0.25, -0.2) is 9.97 Å². The number of aromatic amines is 1. The molecule has 3 heterocycles. The molecule has 5 nitrogen and oxygen atoms in total. The van der Waals surface area contributed by atoms with Gasteiger partial charge in [0.1, 0.15) is 11.3 Å². The molecule has 0 unspecified atom stereocenters. The number of fused-ring (bicyclic) bond motifs is 1. The van der Waals surface area contributed by atoms with Crippen molar-refractivity contribution >= 4 is 22.5 Å². The van der Waals surface area contributed by atoms with Gasteiger partial charge in [0.25, 0.3) is 0 Å². The number of anilines is 2. The first-order valence-corrected chi connectivity index (χ1v) is 8.19. The smallest absolute Gasteiger partial charge is 0.156 e. The Balaban J connectivity index is 1.82. The summed E-state index contributed by atoms with van der Waals surface area (Å²) in [7, 11) is 0. The highest BCUT2D eigenvalue weighted by Gasteiger charge is 2.18. The first kappa shape index (κ1) is 14.1. The van der Waals surface area contributed by atoms with Crippen molar-refractivity contribution in [3.63, 3.8) is 0 Å². The van der Waals surface area contributed by atoms with Crippen LogP contribution in [0.2, 0.25) is 0 Å². The monoisotopic (exact) mass is 307 g/mol. The number of aryl methyl sites for hydroxylation is 1.